The van der Waals surface area contributed by atoms with Crippen molar-refractivity contribution in [1.29, 1.82) is 0 Å². The summed E-state index contributed by atoms with van der Waals surface area (Å²) in [4.78, 5) is 15.0. The Morgan fingerprint density at radius 2 is 2.00 bits per heavy atom. The first-order valence-electron chi connectivity index (χ1n) is 8.93. The molecule has 0 radical (unpaired) electrons. The predicted octanol–water partition coefficient (Wildman–Crippen LogP) is 3.07. The van der Waals surface area contributed by atoms with Crippen molar-refractivity contribution in [1.82, 2.24) is 4.90 Å². The number of amides is 1. The zero-order chi connectivity index (χ0) is 17.1. The Bertz CT molecular complexity index is 638. The van der Waals surface area contributed by atoms with Gasteiger partial charge in [-0.15, -0.1) is 0 Å². The van der Waals surface area contributed by atoms with Gasteiger partial charge in [0, 0.05) is 11.8 Å². The lowest BCUT2D eigenvalue weighted by atomic mass is 9.86. The monoisotopic (exact) mass is 329 g/mol. The number of hydrogen-bond donors (Lipinski definition) is 0. The third kappa shape index (κ3) is 2.31. The van der Waals surface area contributed by atoms with Crippen molar-refractivity contribution in [2.45, 2.75) is 46.1 Å². The van der Waals surface area contributed by atoms with Crippen LogP contribution in [0.25, 0.3) is 0 Å². The van der Waals surface area contributed by atoms with E-state index in [9.17, 15) is 4.79 Å². The summed E-state index contributed by atoms with van der Waals surface area (Å²) in [6, 6.07) is 10.4. The van der Waals surface area contributed by atoms with E-state index in [1.807, 2.05) is 23.1 Å². The van der Waals surface area contributed by atoms with Crippen LogP contribution < -0.4 is 0 Å². The van der Waals surface area contributed by atoms with Crippen LogP contribution in [0, 0.1) is 23.2 Å². The highest BCUT2D eigenvalue weighted by Gasteiger charge is 2.76. The second-order valence-corrected chi connectivity index (χ2v) is 8.67. The van der Waals surface area contributed by atoms with Crippen LogP contribution in [0.2, 0.25) is 0 Å². The topological polar surface area (TPSA) is 38.8 Å². The van der Waals surface area contributed by atoms with Gasteiger partial charge in [0.1, 0.15) is 5.72 Å². The summed E-state index contributed by atoms with van der Waals surface area (Å²) in [5.74, 6) is 0.957. The van der Waals surface area contributed by atoms with E-state index in [1.54, 1.807) is 0 Å². The predicted molar refractivity (Wildman–Crippen MR) is 91.0 cm³/mol. The van der Waals surface area contributed by atoms with E-state index in [1.165, 1.54) is 5.56 Å². The number of nitrogens with zero attached hydrogens (tertiary/aromatic N) is 1. The SMILES string of the molecule is CC(C)(C)[C@H]1CO[C@]2(C)[C@@H]3[C@@H](COCc4ccccc4)[C@@H]3C(=O)N12. The lowest BCUT2D eigenvalue weighted by molar-refractivity contribution is -0.146. The molecule has 1 aromatic carbocycles. The Balaban J connectivity index is 1.40. The molecule has 1 saturated carbocycles. The Morgan fingerprint density at radius 3 is 2.67 bits per heavy atom. The fraction of sp³-hybridized carbons (Fsp3) is 0.650. The fourth-order valence-corrected chi connectivity index (χ4v) is 4.66. The number of benzene rings is 1. The molecular formula is C20H27NO3. The minimum atomic E-state index is -0.430. The lowest BCUT2D eigenvalue weighted by Gasteiger charge is -2.38. The van der Waals surface area contributed by atoms with Crippen molar-refractivity contribution in [3.05, 3.63) is 35.9 Å². The van der Waals surface area contributed by atoms with Crippen molar-refractivity contribution < 1.29 is 14.3 Å². The largest absolute Gasteiger partial charge is 0.376 e. The summed E-state index contributed by atoms with van der Waals surface area (Å²) in [7, 11) is 0. The van der Waals surface area contributed by atoms with Gasteiger partial charge in [-0.1, -0.05) is 51.1 Å². The summed E-state index contributed by atoms with van der Waals surface area (Å²) < 4.78 is 12.1. The quantitative estimate of drug-likeness (QED) is 0.852. The normalized spacial score (nSPS) is 37.5. The second kappa shape index (κ2) is 5.30. The first-order valence-corrected chi connectivity index (χ1v) is 8.93. The maximum atomic E-state index is 12.9. The smallest absolute Gasteiger partial charge is 0.229 e. The molecule has 1 aliphatic carbocycles. The molecule has 3 fully saturated rings. The summed E-state index contributed by atoms with van der Waals surface area (Å²) in [5, 5.41) is 0. The summed E-state index contributed by atoms with van der Waals surface area (Å²) in [5.41, 5.74) is 0.789. The van der Waals surface area contributed by atoms with Crippen LogP contribution in [0.15, 0.2) is 30.3 Å². The van der Waals surface area contributed by atoms with E-state index >= 15 is 0 Å². The molecule has 2 heterocycles. The number of hydrogen-bond acceptors (Lipinski definition) is 3. The van der Waals surface area contributed by atoms with Crippen molar-refractivity contribution in [3.63, 3.8) is 0 Å². The van der Waals surface area contributed by atoms with Gasteiger partial charge in [0.2, 0.25) is 5.91 Å². The molecule has 1 aromatic rings. The molecule has 130 valence electrons. The summed E-state index contributed by atoms with van der Waals surface area (Å²) in [6.45, 7) is 10.5. The maximum Gasteiger partial charge on any atom is 0.229 e. The van der Waals surface area contributed by atoms with Gasteiger partial charge < -0.3 is 14.4 Å². The Labute approximate surface area is 144 Å². The number of rotatable bonds is 4. The van der Waals surface area contributed by atoms with Gasteiger partial charge in [-0.2, -0.15) is 0 Å². The highest BCUT2D eigenvalue weighted by Crippen LogP contribution is 2.64. The van der Waals surface area contributed by atoms with E-state index in [-0.39, 0.29) is 29.2 Å². The highest BCUT2D eigenvalue weighted by molar-refractivity contribution is 5.87. The summed E-state index contributed by atoms with van der Waals surface area (Å²) in [6.07, 6.45) is 0. The second-order valence-electron chi connectivity index (χ2n) is 8.67. The van der Waals surface area contributed by atoms with Gasteiger partial charge >= 0.3 is 0 Å². The molecule has 3 aliphatic rings. The van der Waals surface area contributed by atoms with E-state index < -0.39 is 5.72 Å². The Kier molecular flexibility index (Phi) is 3.56. The number of piperidine rings is 1. The Hall–Kier alpha value is -1.39. The van der Waals surface area contributed by atoms with Crippen LogP contribution in [-0.4, -0.2) is 35.8 Å². The first-order chi connectivity index (χ1) is 11.3. The van der Waals surface area contributed by atoms with Crippen LogP contribution in [0.3, 0.4) is 0 Å². The minimum absolute atomic E-state index is 0.0451. The van der Waals surface area contributed by atoms with Crippen molar-refractivity contribution in [2.24, 2.45) is 23.2 Å². The molecule has 24 heavy (non-hydrogen) atoms. The van der Waals surface area contributed by atoms with Crippen LogP contribution in [0.5, 0.6) is 0 Å². The third-order valence-electron chi connectivity index (χ3n) is 6.05. The molecule has 2 aliphatic heterocycles. The molecule has 0 N–H and O–H groups in total. The highest BCUT2D eigenvalue weighted by atomic mass is 16.5. The zero-order valence-corrected chi connectivity index (χ0v) is 15.0. The van der Waals surface area contributed by atoms with Crippen LogP contribution in [0.4, 0.5) is 0 Å². The Morgan fingerprint density at radius 1 is 1.29 bits per heavy atom. The lowest BCUT2D eigenvalue weighted by Crippen LogP contribution is -2.52. The van der Waals surface area contributed by atoms with E-state index in [0.717, 1.165) is 0 Å². The standard InChI is InChI=1S/C20H27NO3/c1-19(2,3)15-12-24-20(4)17-14(16(17)18(22)21(15)20)11-23-10-13-8-6-5-7-9-13/h5-9,14-17H,10-12H2,1-4H3/t14-,15+,16-,17+,20+/m0/s1. The van der Waals surface area contributed by atoms with Gasteiger partial charge in [0.25, 0.3) is 0 Å². The summed E-state index contributed by atoms with van der Waals surface area (Å²) >= 11 is 0. The minimum Gasteiger partial charge on any atom is -0.376 e. The van der Waals surface area contributed by atoms with E-state index in [2.05, 4.69) is 39.8 Å². The molecule has 0 aromatic heterocycles. The number of carbonyl (C=O) groups is 1. The molecule has 1 amide bonds. The molecule has 4 nitrogen and oxygen atoms in total. The van der Waals surface area contributed by atoms with Gasteiger partial charge in [0.05, 0.1) is 31.8 Å². The van der Waals surface area contributed by atoms with Crippen molar-refractivity contribution in [3.8, 4) is 0 Å². The van der Waals surface area contributed by atoms with Gasteiger partial charge in [-0.25, -0.2) is 0 Å². The van der Waals surface area contributed by atoms with E-state index in [4.69, 9.17) is 9.47 Å². The van der Waals surface area contributed by atoms with Gasteiger partial charge in [0.15, 0.2) is 0 Å². The average molecular weight is 329 g/mol. The molecule has 0 unspecified atom stereocenters. The zero-order valence-electron chi connectivity index (χ0n) is 15.0. The molecule has 0 bridgehead atoms. The van der Waals surface area contributed by atoms with Gasteiger partial charge in [-0.05, 0) is 17.9 Å². The molecule has 5 atom stereocenters. The molecule has 2 saturated heterocycles. The van der Waals surface area contributed by atoms with E-state index in [0.29, 0.717) is 25.7 Å². The fourth-order valence-electron chi connectivity index (χ4n) is 4.66. The van der Waals surface area contributed by atoms with Crippen molar-refractivity contribution in [2.75, 3.05) is 13.2 Å². The average Bonchev–Trinajstić information content (AvgIpc) is 3.06. The van der Waals surface area contributed by atoms with Crippen LogP contribution in [0.1, 0.15) is 33.3 Å². The molecule has 4 heteroatoms. The molecule has 4 rings (SSSR count). The molecular weight excluding hydrogens is 302 g/mol. The maximum absolute atomic E-state index is 12.9. The molecule has 0 spiro atoms. The number of ether oxygens (including phenoxy) is 2. The van der Waals surface area contributed by atoms with Crippen LogP contribution >= 0.6 is 0 Å². The third-order valence-corrected chi connectivity index (χ3v) is 6.05. The number of fused-ring (bicyclic) bond motifs is 3. The van der Waals surface area contributed by atoms with Crippen LogP contribution in [-0.2, 0) is 20.9 Å². The van der Waals surface area contributed by atoms with Gasteiger partial charge in [-0.3, -0.25) is 4.79 Å². The van der Waals surface area contributed by atoms with Crippen molar-refractivity contribution >= 4 is 5.91 Å². The first kappa shape index (κ1) is 16.1. The number of carbonyl (C=O) groups excluding carboxylic acids is 1.